The molecule has 0 aromatic heterocycles. The molecule has 4 nitrogen and oxygen atoms in total. The average molecular weight is 241 g/mol. The van der Waals surface area contributed by atoms with Gasteiger partial charge < -0.3 is 10.2 Å². The van der Waals surface area contributed by atoms with Gasteiger partial charge in [0.15, 0.2) is 0 Å². The van der Waals surface area contributed by atoms with Gasteiger partial charge in [-0.3, -0.25) is 9.69 Å². The lowest BCUT2D eigenvalue weighted by atomic mass is 10.1. The Hall–Kier alpha value is -1.05. The summed E-state index contributed by atoms with van der Waals surface area (Å²) in [5.41, 5.74) is 0. The van der Waals surface area contributed by atoms with Crippen LogP contribution in [-0.2, 0) is 4.79 Å². The summed E-state index contributed by atoms with van der Waals surface area (Å²) in [6.07, 6.45) is 4.27. The van der Waals surface area contributed by atoms with Crippen molar-refractivity contribution in [2.45, 2.75) is 45.6 Å². The molecule has 0 aliphatic carbocycles. The number of carboxylic acids is 1. The fraction of sp³-hybridized carbons (Fsp3) is 0.769. The van der Waals surface area contributed by atoms with Crippen LogP contribution in [0.25, 0.3) is 0 Å². The third-order valence-corrected chi connectivity index (χ3v) is 2.41. The van der Waals surface area contributed by atoms with Crippen LogP contribution < -0.4 is 0 Å². The molecule has 4 heteroatoms. The minimum atomic E-state index is -0.833. The first-order valence-corrected chi connectivity index (χ1v) is 6.14. The summed E-state index contributed by atoms with van der Waals surface area (Å²) in [6.45, 7) is 6.21. The molecular weight excluding hydrogens is 218 g/mol. The molecule has 1 fully saturated rings. The van der Waals surface area contributed by atoms with E-state index in [-0.39, 0.29) is 0 Å². The van der Waals surface area contributed by atoms with Crippen LogP contribution in [0.2, 0.25) is 0 Å². The topological polar surface area (TPSA) is 60.8 Å². The van der Waals surface area contributed by atoms with Crippen molar-refractivity contribution in [3.63, 3.8) is 0 Å². The highest BCUT2D eigenvalue weighted by atomic mass is 16.4. The summed E-state index contributed by atoms with van der Waals surface area (Å²) in [4.78, 5) is 11.4. The Bertz CT molecular complexity index is 258. The number of nitrogens with zero attached hydrogens (tertiary/aromatic N) is 1. The smallest absolute Gasteiger partial charge is 0.300 e. The molecule has 0 aromatic rings. The van der Waals surface area contributed by atoms with Gasteiger partial charge in [0.05, 0.1) is 6.54 Å². The fourth-order valence-corrected chi connectivity index (χ4v) is 1.49. The van der Waals surface area contributed by atoms with Crippen molar-refractivity contribution >= 4 is 5.97 Å². The highest BCUT2D eigenvalue weighted by Crippen LogP contribution is 2.07. The molecule has 1 saturated heterocycles. The molecular formula is C13H23NO3. The SMILES string of the molecule is CC(=O)O.CCC(O)C#CCN1CCCCC1. The number of aliphatic hydroxyl groups is 1. The molecule has 0 aromatic carbocycles. The molecule has 1 aliphatic heterocycles. The van der Waals surface area contributed by atoms with Gasteiger partial charge in [-0.1, -0.05) is 25.2 Å². The lowest BCUT2D eigenvalue weighted by Gasteiger charge is -2.23. The standard InChI is InChI=1S/C11H19NO.C2H4O2/c1-2-11(13)7-6-10-12-8-4-3-5-9-12;1-2(3)4/h11,13H,2-5,8-10H2,1H3;1H3,(H,3,4). The number of likely N-dealkylation sites (tertiary alicyclic amines) is 1. The predicted molar refractivity (Wildman–Crippen MR) is 67.7 cm³/mol. The molecule has 1 rings (SSSR count). The van der Waals surface area contributed by atoms with E-state index in [1.165, 1.54) is 32.4 Å². The predicted octanol–water partition coefficient (Wildman–Crippen LogP) is 1.34. The fourth-order valence-electron chi connectivity index (χ4n) is 1.49. The average Bonchev–Trinajstić information content (AvgIpc) is 2.29. The highest BCUT2D eigenvalue weighted by molar-refractivity contribution is 5.62. The molecule has 1 unspecified atom stereocenters. The van der Waals surface area contributed by atoms with E-state index in [0.29, 0.717) is 0 Å². The Labute approximate surface area is 104 Å². The highest BCUT2D eigenvalue weighted by Gasteiger charge is 2.07. The lowest BCUT2D eigenvalue weighted by molar-refractivity contribution is -0.134. The van der Waals surface area contributed by atoms with Crippen molar-refractivity contribution < 1.29 is 15.0 Å². The van der Waals surface area contributed by atoms with E-state index in [1.807, 2.05) is 6.92 Å². The van der Waals surface area contributed by atoms with Crippen LogP contribution in [0, 0.1) is 11.8 Å². The summed E-state index contributed by atoms with van der Waals surface area (Å²) in [5, 5.41) is 16.6. The van der Waals surface area contributed by atoms with E-state index in [4.69, 9.17) is 9.90 Å². The van der Waals surface area contributed by atoms with Gasteiger partial charge in [-0.25, -0.2) is 0 Å². The van der Waals surface area contributed by atoms with Crippen LogP contribution in [-0.4, -0.2) is 46.8 Å². The largest absolute Gasteiger partial charge is 0.481 e. The van der Waals surface area contributed by atoms with Crippen molar-refractivity contribution in [1.29, 1.82) is 0 Å². The van der Waals surface area contributed by atoms with Crippen molar-refractivity contribution in [1.82, 2.24) is 4.90 Å². The summed E-state index contributed by atoms with van der Waals surface area (Å²) in [5.74, 6) is 5.04. The van der Waals surface area contributed by atoms with E-state index >= 15 is 0 Å². The number of carboxylic acid groups (broad SMARTS) is 1. The second-order valence-electron chi connectivity index (χ2n) is 4.10. The Balaban J connectivity index is 0.000000557. The monoisotopic (exact) mass is 241 g/mol. The van der Waals surface area contributed by atoms with E-state index in [0.717, 1.165) is 19.9 Å². The van der Waals surface area contributed by atoms with Gasteiger partial charge in [0.2, 0.25) is 0 Å². The number of carbonyl (C=O) groups is 1. The van der Waals surface area contributed by atoms with Gasteiger partial charge in [-0.2, -0.15) is 0 Å². The zero-order valence-corrected chi connectivity index (χ0v) is 10.8. The minimum Gasteiger partial charge on any atom is -0.481 e. The molecule has 0 bridgehead atoms. The van der Waals surface area contributed by atoms with Crippen LogP contribution in [0.3, 0.4) is 0 Å². The van der Waals surface area contributed by atoms with Crippen molar-refractivity contribution in [3.05, 3.63) is 0 Å². The van der Waals surface area contributed by atoms with Crippen LogP contribution in [0.15, 0.2) is 0 Å². The number of piperidine rings is 1. The number of hydrogen-bond donors (Lipinski definition) is 2. The molecule has 0 spiro atoms. The Morgan fingerprint density at radius 2 is 1.88 bits per heavy atom. The lowest BCUT2D eigenvalue weighted by Crippen LogP contribution is -2.30. The molecule has 0 radical (unpaired) electrons. The third kappa shape index (κ3) is 11.2. The molecule has 0 saturated carbocycles. The number of rotatable bonds is 2. The molecule has 17 heavy (non-hydrogen) atoms. The van der Waals surface area contributed by atoms with Crippen molar-refractivity contribution in [2.75, 3.05) is 19.6 Å². The second-order valence-corrected chi connectivity index (χ2v) is 4.10. The maximum absolute atomic E-state index is 9.20. The first-order chi connectivity index (χ1) is 8.06. The zero-order chi connectivity index (χ0) is 13.1. The first-order valence-electron chi connectivity index (χ1n) is 6.14. The first kappa shape index (κ1) is 16.0. The van der Waals surface area contributed by atoms with E-state index in [2.05, 4.69) is 16.7 Å². The van der Waals surface area contributed by atoms with E-state index in [1.54, 1.807) is 0 Å². The number of aliphatic carboxylic acids is 1. The normalized spacial score (nSPS) is 17.1. The molecule has 1 aliphatic rings. The van der Waals surface area contributed by atoms with Crippen LogP contribution in [0.1, 0.15) is 39.5 Å². The Morgan fingerprint density at radius 1 is 1.35 bits per heavy atom. The summed E-state index contributed by atoms with van der Waals surface area (Å²) < 4.78 is 0. The maximum atomic E-state index is 9.20. The molecule has 1 heterocycles. The maximum Gasteiger partial charge on any atom is 0.300 e. The molecule has 1 atom stereocenters. The summed E-state index contributed by atoms with van der Waals surface area (Å²) in [6, 6.07) is 0. The molecule has 0 amide bonds. The van der Waals surface area contributed by atoms with Crippen molar-refractivity contribution in [3.8, 4) is 11.8 Å². The Morgan fingerprint density at radius 3 is 2.35 bits per heavy atom. The van der Waals surface area contributed by atoms with Gasteiger partial charge in [-0.15, -0.1) is 0 Å². The zero-order valence-electron chi connectivity index (χ0n) is 10.8. The molecule has 98 valence electrons. The molecule has 2 N–H and O–H groups in total. The number of aliphatic hydroxyl groups excluding tert-OH is 1. The van der Waals surface area contributed by atoms with Gasteiger partial charge in [0.25, 0.3) is 5.97 Å². The van der Waals surface area contributed by atoms with Gasteiger partial charge in [-0.05, 0) is 32.4 Å². The second kappa shape index (κ2) is 10.1. The van der Waals surface area contributed by atoms with Crippen LogP contribution >= 0.6 is 0 Å². The van der Waals surface area contributed by atoms with Crippen LogP contribution in [0.5, 0.6) is 0 Å². The van der Waals surface area contributed by atoms with Gasteiger partial charge >= 0.3 is 0 Å². The van der Waals surface area contributed by atoms with Crippen LogP contribution in [0.4, 0.5) is 0 Å². The van der Waals surface area contributed by atoms with Crippen molar-refractivity contribution in [2.24, 2.45) is 0 Å². The number of hydrogen-bond acceptors (Lipinski definition) is 3. The van der Waals surface area contributed by atoms with Gasteiger partial charge in [0.1, 0.15) is 6.10 Å². The third-order valence-electron chi connectivity index (χ3n) is 2.41. The van der Waals surface area contributed by atoms with E-state index < -0.39 is 12.1 Å². The summed E-state index contributed by atoms with van der Waals surface area (Å²) in [7, 11) is 0. The minimum absolute atomic E-state index is 0.426. The quantitative estimate of drug-likeness (QED) is 0.716. The van der Waals surface area contributed by atoms with E-state index in [9.17, 15) is 5.11 Å². The van der Waals surface area contributed by atoms with Gasteiger partial charge in [0, 0.05) is 6.92 Å². The summed E-state index contributed by atoms with van der Waals surface area (Å²) >= 11 is 0. The Kier molecular flexibility index (Phi) is 9.50.